The molecular weight excluding hydrogens is 376 g/mol. The maximum absolute atomic E-state index is 12.8. The number of hydrogen-bond donors (Lipinski definition) is 1. The molecule has 1 amide bonds. The van der Waals surface area contributed by atoms with Crippen molar-refractivity contribution in [1.29, 1.82) is 0 Å². The summed E-state index contributed by atoms with van der Waals surface area (Å²) in [6, 6.07) is 8.59. The minimum atomic E-state index is -3.77. The Morgan fingerprint density at radius 3 is 2.62 bits per heavy atom. The van der Waals surface area contributed by atoms with Gasteiger partial charge in [0.15, 0.2) is 0 Å². The number of benzene rings is 1. The van der Waals surface area contributed by atoms with Crippen molar-refractivity contribution in [2.75, 3.05) is 6.54 Å². The maximum atomic E-state index is 12.8. The zero-order valence-electron chi connectivity index (χ0n) is 13.7. The lowest BCUT2D eigenvalue weighted by Crippen LogP contribution is -2.44. The first-order valence-electron chi connectivity index (χ1n) is 7.99. The lowest BCUT2D eigenvalue weighted by atomic mass is 10.2. The average Bonchev–Trinajstić information content (AvgIpc) is 3.14. The van der Waals surface area contributed by atoms with Gasteiger partial charge in [0, 0.05) is 24.0 Å². The minimum Gasteiger partial charge on any atom is -0.271 e. The number of hydrazone groups is 1. The van der Waals surface area contributed by atoms with Crippen molar-refractivity contribution in [3.05, 3.63) is 59.4 Å². The molecule has 1 aromatic carbocycles. The number of hydrogen-bond acceptors (Lipinski definition) is 5. The van der Waals surface area contributed by atoms with Crippen LogP contribution in [0, 0.1) is 0 Å². The third-order valence-corrected chi connectivity index (χ3v) is 6.20. The van der Waals surface area contributed by atoms with E-state index in [9.17, 15) is 13.2 Å². The quantitative estimate of drug-likeness (QED) is 0.622. The van der Waals surface area contributed by atoms with Crippen LogP contribution in [0.2, 0.25) is 5.02 Å². The number of aromatic nitrogens is 1. The first kappa shape index (κ1) is 18.5. The van der Waals surface area contributed by atoms with E-state index < -0.39 is 22.0 Å². The van der Waals surface area contributed by atoms with E-state index in [0.717, 1.165) is 5.56 Å². The van der Waals surface area contributed by atoms with Gasteiger partial charge >= 0.3 is 0 Å². The van der Waals surface area contributed by atoms with Gasteiger partial charge in [0.05, 0.1) is 11.1 Å². The Morgan fingerprint density at radius 1 is 1.23 bits per heavy atom. The number of halogens is 1. The van der Waals surface area contributed by atoms with Crippen LogP contribution in [-0.2, 0) is 14.8 Å². The standard InChI is InChI=1S/C17H17ClN4O3S/c18-14-3-5-15(6-4-14)26(24,25)22-11-1-2-16(22)17(23)21-20-12-13-7-9-19-10-8-13/h3-10,12,16H,1-2,11H2,(H,21,23)/b20-12-/t16-/m1/s1. The Hall–Kier alpha value is -2.29. The molecule has 136 valence electrons. The number of amides is 1. The summed E-state index contributed by atoms with van der Waals surface area (Å²) in [7, 11) is -3.77. The molecule has 1 aliphatic rings. The molecular formula is C17H17ClN4O3S. The number of carbonyl (C=O) groups excluding carboxylic acids is 1. The lowest BCUT2D eigenvalue weighted by molar-refractivity contribution is -0.124. The van der Waals surface area contributed by atoms with Gasteiger partial charge in [-0.15, -0.1) is 0 Å². The molecule has 0 saturated carbocycles. The third kappa shape index (κ3) is 4.09. The van der Waals surface area contributed by atoms with E-state index in [1.54, 1.807) is 24.5 Å². The van der Waals surface area contributed by atoms with E-state index in [-0.39, 0.29) is 11.4 Å². The van der Waals surface area contributed by atoms with Crippen molar-refractivity contribution in [2.24, 2.45) is 5.10 Å². The maximum Gasteiger partial charge on any atom is 0.258 e. The molecule has 1 aromatic heterocycles. The highest BCUT2D eigenvalue weighted by Gasteiger charge is 2.39. The number of pyridine rings is 1. The van der Waals surface area contributed by atoms with Gasteiger partial charge in [-0.3, -0.25) is 9.78 Å². The Bertz CT molecular complexity index is 901. The molecule has 0 aliphatic carbocycles. The molecule has 0 spiro atoms. The second kappa shape index (κ2) is 7.94. The van der Waals surface area contributed by atoms with Gasteiger partial charge in [-0.1, -0.05) is 11.6 Å². The normalized spacial score (nSPS) is 18.3. The monoisotopic (exact) mass is 392 g/mol. The summed E-state index contributed by atoms with van der Waals surface area (Å²) in [5.74, 6) is -0.453. The second-order valence-electron chi connectivity index (χ2n) is 5.74. The largest absolute Gasteiger partial charge is 0.271 e. The Labute approximate surface area is 156 Å². The predicted octanol–water partition coefficient (Wildman–Crippen LogP) is 2.04. The molecule has 3 rings (SSSR count). The smallest absolute Gasteiger partial charge is 0.258 e. The van der Waals surface area contributed by atoms with Crippen molar-refractivity contribution in [3.63, 3.8) is 0 Å². The molecule has 1 aliphatic heterocycles. The zero-order chi connectivity index (χ0) is 18.6. The Morgan fingerprint density at radius 2 is 1.92 bits per heavy atom. The number of carbonyl (C=O) groups is 1. The summed E-state index contributed by atoms with van der Waals surface area (Å²) in [6.07, 6.45) is 5.76. The molecule has 0 unspecified atom stereocenters. The highest BCUT2D eigenvalue weighted by molar-refractivity contribution is 7.89. The van der Waals surface area contributed by atoms with Crippen LogP contribution in [0.1, 0.15) is 18.4 Å². The number of nitrogens with zero attached hydrogens (tertiary/aromatic N) is 3. The fourth-order valence-electron chi connectivity index (χ4n) is 2.73. The molecule has 1 saturated heterocycles. The van der Waals surface area contributed by atoms with E-state index in [1.165, 1.54) is 34.8 Å². The van der Waals surface area contributed by atoms with Gasteiger partial charge in [-0.2, -0.15) is 9.41 Å². The van der Waals surface area contributed by atoms with Gasteiger partial charge in [0.2, 0.25) is 10.0 Å². The first-order chi connectivity index (χ1) is 12.5. The van der Waals surface area contributed by atoms with Crippen LogP contribution in [0.25, 0.3) is 0 Å². The van der Waals surface area contributed by atoms with E-state index in [4.69, 9.17) is 11.6 Å². The van der Waals surface area contributed by atoms with Gasteiger partial charge < -0.3 is 0 Å². The SMILES string of the molecule is O=C(N/N=C\c1ccncc1)[C@H]1CCCN1S(=O)(=O)c1ccc(Cl)cc1. The van der Waals surface area contributed by atoms with Crippen LogP contribution in [0.15, 0.2) is 58.8 Å². The van der Waals surface area contributed by atoms with E-state index in [2.05, 4.69) is 15.5 Å². The summed E-state index contributed by atoms with van der Waals surface area (Å²) in [5.41, 5.74) is 3.19. The highest BCUT2D eigenvalue weighted by Crippen LogP contribution is 2.27. The van der Waals surface area contributed by atoms with Crippen molar-refractivity contribution in [3.8, 4) is 0 Å². The highest BCUT2D eigenvalue weighted by atomic mass is 35.5. The van der Waals surface area contributed by atoms with Gasteiger partial charge in [-0.25, -0.2) is 13.8 Å². The van der Waals surface area contributed by atoms with Gasteiger partial charge in [0.25, 0.3) is 5.91 Å². The molecule has 1 fully saturated rings. The molecule has 2 heterocycles. The second-order valence-corrected chi connectivity index (χ2v) is 8.07. The summed E-state index contributed by atoms with van der Waals surface area (Å²) in [4.78, 5) is 16.4. The van der Waals surface area contributed by atoms with E-state index in [1.807, 2.05) is 0 Å². The molecule has 26 heavy (non-hydrogen) atoms. The molecule has 2 aromatic rings. The Kier molecular flexibility index (Phi) is 5.65. The van der Waals surface area contributed by atoms with Crippen LogP contribution in [0.3, 0.4) is 0 Å². The summed E-state index contributed by atoms with van der Waals surface area (Å²) >= 11 is 5.82. The minimum absolute atomic E-state index is 0.113. The zero-order valence-corrected chi connectivity index (χ0v) is 15.3. The summed E-state index contributed by atoms with van der Waals surface area (Å²) in [6.45, 7) is 0.289. The van der Waals surface area contributed by atoms with Crippen LogP contribution in [-0.4, -0.2) is 42.4 Å². The third-order valence-electron chi connectivity index (χ3n) is 4.02. The molecule has 0 bridgehead atoms. The van der Waals surface area contributed by atoms with E-state index >= 15 is 0 Å². The van der Waals surface area contributed by atoms with E-state index in [0.29, 0.717) is 17.9 Å². The Balaban J connectivity index is 1.72. The predicted molar refractivity (Wildman–Crippen MR) is 98.3 cm³/mol. The number of nitrogens with one attached hydrogen (secondary N) is 1. The van der Waals surface area contributed by atoms with Crippen LogP contribution < -0.4 is 5.43 Å². The molecule has 1 N–H and O–H groups in total. The lowest BCUT2D eigenvalue weighted by Gasteiger charge is -2.22. The molecule has 7 nitrogen and oxygen atoms in total. The fraction of sp³-hybridized carbons (Fsp3) is 0.235. The van der Waals surface area contributed by atoms with Crippen molar-refractivity contribution >= 4 is 33.7 Å². The van der Waals surface area contributed by atoms with Crippen molar-refractivity contribution in [1.82, 2.24) is 14.7 Å². The van der Waals surface area contributed by atoms with Crippen LogP contribution >= 0.6 is 11.6 Å². The molecule has 0 radical (unpaired) electrons. The summed E-state index contributed by atoms with van der Waals surface area (Å²) < 4.78 is 26.8. The number of sulfonamides is 1. The molecule has 9 heteroatoms. The topological polar surface area (TPSA) is 91.7 Å². The molecule has 1 atom stereocenters. The van der Waals surface area contributed by atoms with Gasteiger partial charge in [0.1, 0.15) is 6.04 Å². The van der Waals surface area contributed by atoms with Crippen molar-refractivity contribution < 1.29 is 13.2 Å². The first-order valence-corrected chi connectivity index (χ1v) is 9.80. The summed E-state index contributed by atoms with van der Waals surface area (Å²) in [5, 5.41) is 4.34. The van der Waals surface area contributed by atoms with Crippen molar-refractivity contribution in [2.45, 2.75) is 23.8 Å². The average molecular weight is 393 g/mol. The van der Waals surface area contributed by atoms with Gasteiger partial charge in [-0.05, 0) is 54.8 Å². The fourth-order valence-corrected chi connectivity index (χ4v) is 4.51. The van der Waals surface area contributed by atoms with Crippen LogP contribution in [0.5, 0.6) is 0 Å². The number of rotatable bonds is 5. The van der Waals surface area contributed by atoms with Crippen LogP contribution in [0.4, 0.5) is 0 Å².